The van der Waals surface area contributed by atoms with Crippen molar-refractivity contribution in [2.75, 3.05) is 0 Å². The molecule has 0 aliphatic heterocycles. The van der Waals surface area contributed by atoms with Gasteiger partial charge in [0.25, 0.3) is 0 Å². The van der Waals surface area contributed by atoms with Crippen LogP contribution in [0.25, 0.3) is 0 Å². The SMILES string of the molecule is C[C@H](NCc1ccc(F)c(C#N)c1)c1ccccc1Cl. The normalized spacial score (nSPS) is 11.9. The molecule has 1 N–H and O–H groups in total. The summed E-state index contributed by atoms with van der Waals surface area (Å²) in [6, 6.07) is 14.1. The maximum absolute atomic E-state index is 13.2. The zero-order valence-electron chi connectivity index (χ0n) is 11.0. The molecule has 20 heavy (non-hydrogen) atoms. The Kier molecular flexibility index (Phi) is 4.73. The van der Waals surface area contributed by atoms with E-state index in [0.717, 1.165) is 11.1 Å². The van der Waals surface area contributed by atoms with E-state index in [1.54, 1.807) is 12.1 Å². The van der Waals surface area contributed by atoms with Gasteiger partial charge in [0.1, 0.15) is 11.9 Å². The predicted molar refractivity (Wildman–Crippen MR) is 77.8 cm³/mol. The van der Waals surface area contributed by atoms with E-state index in [0.29, 0.717) is 11.6 Å². The van der Waals surface area contributed by atoms with Gasteiger partial charge in [-0.1, -0.05) is 35.9 Å². The number of rotatable bonds is 4. The smallest absolute Gasteiger partial charge is 0.140 e. The van der Waals surface area contributed by atoms with Crippen molar-refractivity contribution in [1.82, 2.24) is 5.32 Å². The highest BCUT2D eigenvalue weighted by atomic mass is 35.5. The van der Waals surface area contributed by atoms with Crippen molar-refractivity contribution in [1.29, 1.82) is 5.26 Å². The fraction of sp³-hybridized carbons (Fsp3) is 0.188. The van der Waals surface area contributed by atoms with E-state index in [1.165, 1.54) is 6.07 Å². The molecular formula is C16H14ClFN2. The van der Waals surface area contributed by atoms with E-state index in [4.69, 9.17) is 16.9 Å². The minimum absolute atomic E-state index is 0.0645. The Morgan fingerprint density at radius 3 is 2.75 bits per heavy atom. The molecule has 0 saturated carbocycles. The Morgan fingerprint density at radius 2 is 2.05 bits per heavy atom. The lowest BCUT2D eigenvalue weighted by atomic mass is 10.1. The molecule has 0 saturated heterocycles. The van der Waals surface area contributed by atoms with E-state index in [9.17, 15) is 4.39 Å². The van der Waals surface area contributed by atoms with Crippen LogP contribution in [0.15, 0.2) is 42.5 Å². The lowest BCUT2D eigenvalue weighted by molar-refractivity contribution is 0.572. The van der Waals surface area contributed by atoms with Crippen molar-refractivity contribution >= 4 is 11.6 Å². The molecule has 2 aromatic rings. The first-order valence-electron chi connectivity index (χ1n) is 6.28. The summed E-state index contributed by atoms with van der Waals surface area (Å²) in [6.45, 7) is 2.55. The fourth-order valence-electron chi connectivity index (χ4n) is 1.98. The Labute approximate surface area is 122 Å². The Morgan fingerprint density at radius 1 is 1.30 bits per heavy atom. The highest BCUT2D eigenvalue weighted by Gasteiger charge is 2.09. The van der Waals surface area contributed by atoms with Gasteiger partial charge in [0.15, 0.2) is 0 Å². The first-order chi connectivity index (χ1) is 9.61. The van der Waals surface area contributed by atoms with Crippen molar-refractivity contribution in [3.05, 3.63) is 70.0 Å². The second-order valence-corrected chi connectivity index (χ2v) is 4.96. The molecule has 0 amide bonds. The number of nitrogens with one attached hydrogen (secondary N) is 1. The molecule has 0 unspecified atom stereocenters. The van der Waals surface area contributed by atoms with Gasteiger partial charge in [-0.3, -0.25) is 0 Å². The third-order valence-corrected chi connectivity index (χ3v) is 3.48. The van der Waals surface area contributed by atoms with Crippen molar-refractivity contribution in [2.24, 2.45) is 0 Å². The zero-order valence-corrected chi connectivity index (χ0v) is 11.8. The van der Waals surface area contributed by atoms with Crippen LogP contribution in [-0.4, -0.2) is 0 Å². The monoisotopic (exact) mass is 288 g/mol. The molecule has 4 heteroatoms. The Hall–Kier alpha value is -1.89. The maximum Gasteiger partial charge on any atom is 0.140 e. The van der Waals surface area contributed by atoms with Gasteiger partial charge in [-0.15, -0.1) is 0 Å². The molecule has 0 aromatic heterocycles. The topological polar surface area (TPSA) is 35.8 Å². The van der Waals surface area contributed by atoms with E-state index in [-0.39, 0.29) is 11.6 Å². The summed E-state index contributed by atoms with van der Waals surface area (Å²) in [5.41, 5.74) is 1.94. The van der Waals surface area contributed by atoms with Crippen LogP contribution in [0.4, 0.5) is 4.39 Å². The van der Waals surface area contributed by atoms with Crippen LogP contribution in [0.3, 0.4) is 0 Å². The first-order valence-corrected chi connectivity index (χ1v) is 6.66. The standard InChI is InChI=1S/C16H14ClFN2/c1-11(14-4-2-3-5-15(14)17)20-10-12-6-7-16(18)13(8-12)9-19/h2-8,11,20H,10H2,1H3/t11-/m0/s1. The molecule has 1 atom stereocenters. The number of benzene rings is 2. The van der Waals surface area contributed by atoms with Gasteiger partial charge < -0.3 is 5.32 Å². The highest BCUT2D eigenvalue weighted by Crippen LogP contribution is 2.22. The van der Waals surface area contributed by atoms with Crippen LogP contribution < -0.4 is 5.32 Å². The van der Waals surface area contributed by atoms with Crippen LogP contribution in [0.2, 0.25) is 5.02 Å². The fourth-order valence-corrected chi connectivity index (χ4v) is 2.27. The lowest BCUT2D eigenvalue weighted by Crippen LogP contribution is -2.18. The van der Waals surface area contributed by atoms with Gasteiger partial charge in [0.2, 0.25) is 0 Å². The van der Waals surface area contributed by atoms with Crippen LogP contribution in [0.5, 0.6) is 0 Å². The summed E-state index contributed by atoms with van der Waals surface area (Å²) in [4.78, 5) is 0. The van der Waals surface area contributed by atoms with E-state index < -0.39 is 5.82 Å². The van der Waals surface area contributed by atoms with Crippen molar-refractivity contribution in [3.63, 3.8) is 0 Å². The minimum Gasteiger partial charge on any atom is -0.306 e. The molecule has 2 rings (SSSR count). The van der Waals surface area contributed by atoms with Crippen molar-refractivity contribution < 1.29 is 4.39 Å². The average molecular weight is 289 g/mol. The van der Waals surface area contributed by atoms with Gasteiger partial charge in [-0.25, -0.2) is 4.39 Å². The van der Waals surface area contributed by atoms with Gasteiger partial charge in [0, 0.05) is 17.6 Å². The van der Waals surface area contributed by atoms with Gasteiger partial charge in [0.05, 0.1) is 5.56 Å². The van der Waals surface area contributed by atoms with Gasteiger partial charge >= 0.3 is 0 Å². The average Bonchev–Trinajstić information content (AvgIpc) is 2.46. The Bertz CT molecular complexity index is 649. The van der Waals surface area contributed by atoms with Crippen LogP contribution in [0.1, 0.15) is 29.7 Å². The van der Waals surface area contributed by atoms with Crippen molar-refractivity contribution in [3.8, 4) is 6.07 Å². The lowest BCUT2D eigenvalue weighted by Gasteiger charge is -2.15. The summed E-state index contributed by atoms with van der Waals surface area (Å²) in [5, 5.41) is 12.8. The molecule has 0 aliphatic rings. The molecule has 0 radical (unpaired) electrons. The number of hydrogen-bond acceptors (Lipinski definition) is 2. The second-order valence-electron chi connectivity index (χ2n) is 4.55. The highest BCUT2D eigenvalue weighted by molar-refractivity contribution is 6.31. The summed E-state index contributed by atoms with van der Waals surface area (Å²) in [6.07, 6.45) is 0. The molecular weight excluding hydrogens is 275 g/mol. The minimum atomic E-state index is -0.490. The van der Waals surface area contributed by atoms with Crippen LogP contribution in [0, 0.1) is 17.1 Å². The van der Waals surface area contributed by atoms with Gasteiger partial charge in [-0.05, 0) is 36.2 Å². The first kappa shape index (κ1) is 14.5. The van der Waals surface area contributed by atoms with E-state index in [2.05, 4.69) is 5.32 Å². The number of nitriles is 1. The largest absolute Gasteiger partial charge is 0.306 e. The Balaban J connectivity index is 2.06. The summed E-state index contributed by atoms with van der Waals surface area (Å²) >= 11 is 6.14. The summed E-state index contributed by atoms with van der Waals surface area (Å²) in [5.74, 6) is -0.490. The number of hydrogen-bond donors (Lipinski definition) is 1. The molecule has 0 aliphatic carbocycles. The molecule has 2 nitrogen and oxygen atoms in total. The quantitative estimate of drug-likeness (QED) is 0.915. The maximum atomic E-state index is 13.2. The summed E-state index contributed by atoms with van der Waals surface area (Å²) < 4.78 is 13.2. The predicted octanol–water partition coefficient (Wildman–Crippen LogP) is 4.20. The third kappa shape index (κ3) is 3.36. The molecule has 0 fully saturated rings. The number of nitrogens with zero attached hydrogens (tertiary/aromatic N) is 1. The van der Waals surface area contributed by atoms with Crippen molar-refractivity contribution in [2.45, 2.75) is 19.5 Å². The summed E-state index contributed by atoms with van der Waals surface area (Å²) in [7, 11) is 0. The number of halogens is 2. The van der Waals surface area contributed by atoms with E-state index >= 15 is 0 Å². The van der Waals surface area contributed by atoms with E-state index in [1.807, 2.05) is 37.3 Å². The molecule has 2 aromatic carbocycles. The second kappa shape index (κ2) is 6.51. The zero-order chi connectivity index (χ0) is 14.5. The van der Waals surface area contributed by atoms with Crippen LogP contribution in [-0.2, 0) is 6.54 Å². The van der Waals surface area contributed by atoms with Crippen LogP contribution >= 0.6 is 11.6 Å². The van der Waals surface area contributed by atoms with Gasteiger partial charge in [-0.2, -0.15) is 5.26 Å². The molecule has 102 valence electrons. The molecule has 0 heterocycles. The molecule has 0 spiro atoms. The third-order valence-electron chi connectivity index (χ3n) is 3.14. The molecule has 0 bridgehead atoms.